The highest BCUT2D eigenvalue weighted by molar-refractivity contribution is 7.99. The van der Waals surface area contributed by atoms with Gasteiger partial charge >= 0.3 is 0 Å². The lowest BCUT2D eigenvalue weighted by Gasteiger charge is -2.18. The number of aromatic nitrogens is 1. The molecule has 1 aromatic heterocycles. The van der Waals surface area contributed by atoms with Gasteiger partial charge in [0, 0.05) is 28.9 Å². The smallest absolute Gasteiger partial charge is 0.224 e. The van der Waals surface area contributed by atoms with Crippen LogP contribution < -0.4 is 11.1 Å². The van der Waals surface area contributed by atoms with Gasteiger partial charge in [0.15, 0.2) is 0 Å². The summed E-state index contributed by atoms with van der Waals surface area (Å²) in [6.45, 7) is 0. The third kappa shape index (κ3) is 2.73. The Balaban J connectivity index is 1.90. The molecule has 1 aromatic carbocycles. The van der Waals surface area contributed by atoms with Crippen molar-refractivity contribution in [2.45, 2.75) is 22.8 Å². The average molecular weight is 306 g/mol. The van der Waals surface area contributed by atoms with Gasteiger partial charge in [-0.2, -0.15) is 0 Å². The molecule has 0 saturated carbocycles. The number of nitrogen functional groups attached to an aromatic ring is 1. The highest BCUT2D eigenvalue weighted by Crippen LogP contribution is 2.36. The Morgan fingerprint density at radius 2 is 2.15 bits per heavy atom. The summed E-state index contributed by atoms with van der Waals surface area (Å²) in [4.78, 5) is 16.5. The van der Waals surface area contributed by atoms with Crippen LogP contribution in [0.5, 0.6) is 0 Å². The van der Waals surface area contributed by atoms with Gasteiger partial charge < -0.3 is 11.1 Å². The van der Waals surface area contributed by atoms with Crippen molar-refractivity contribution in [3.8, 4) is 0 Å². The summed E-state index contributed by atoms with van der Waals surface area (Å²) in [5.41, 5.74) is 8.59. The minimum Gasteiger partial charge on any atom is -0.398 e. The fraction of sp³-hybridized carbons (Fsp3) is 0.143. The second-order valence-electron chi connectivity index (χ2n) is 4.51. The van der Waals surface area contributed by atoms with Crippen LogP contribution in [0.4, 0.5) is 11.4 Å². The van der Waals surface area contributed by atoms with Crippen molar-refractivity contribution in [3.05, 3.63) is 41.0 Å². The molecule has 4 nitrogen and oxygen atoms in total. The molecule has 6 heteroatoms. The van der Waals surface area contributed by atoms with Gasteiger partial charge in [-0.3, -0.25) is 4.79 Å². The van der Waals surface area contributed by atoms with Crippen molar-refractivity contribution in [1.82, 2.24) is 4.98 Å². The summed E-state index contributed by atoms with van der Waals surface area (Å²) in [7, 11) is 0. The van der Waals surface area contributed by atoms with E-state index in [0.29, 0.717) is 17.1 Å². The Kier molecular flexibility index (Phi) is 3.54. The van der Waals surface area contributed by atoms with Crippen LogP contribution in [0.25, 0.3) is 0 Å². The molecule has 3 rings (SSSR count). The first-order valence-electron chi connectivity index (χ1n) is 6.13. The molecule has 0 spiro atoms. The largest absolute Gasteiger partial charge is 0.398 e. The van der Waals surface area contributed by atoms with E-state index < -0.39 is 0 Å². The molecular formula is C14H12ClN3OS. The number of hydrogen-bond acceptors (Lipinski definition) is 4. The van der Waals surface area contributed by atoms with E-state index >= 15 is 0 Å². The number of hydrogen-bond donors (Lipinski definition) is 2. The van der Waals surface area contributed by atoms with E-state index in [2.05, 4.69) is 10.3 Å². The first-order valence-corrected chi connectivity index (χ1v) is 7.33. The third-order valence-electron chi connectivity index (χ3n) is 3.05. The maximum Gasteiger partial charge on any atom is 0.224 e. The fourth-order valence-electron chi connectivity index (χ4n) is 2.05. The molecule has 0 saturated heterocycles. The molecule has 20 heavy (non-hydrogen) atoms. The van der Waals surface area contributed by atoms with E-state index in [-0.39, 0.29) is 5.91 Å². The Labute approximate surface area is 125 Å². The lowest BCUT2D eigenvalue weighted by Crippen LogP contribution is -2.19. The molecule has 3 N–H and O–H groups in total. The van der Waals surface area contributed by atoms with Crippen molar-refractivity contribution >= 4 is 40.6 Å². The summed E-state index contributed by atoms with van der Waals surface area (Å²) in [5, 5.41) is 4.28. The number of amides is 1. The van der Waals surface area contributed by atoms with Crippen molar-refractivity contribution in [1.29, 1.82) is 0 Å². The fourth-order valence-corrected chi connectivity index (χ4v) is 3.00. The summed E-state index contributed by atoms with van der Waals surface area (Å²) in [5.74, 6) is 0.0386. The summed E-state index contributed by atoms with van der Waals surface area (Å²) in [6, 6.07) is 7.48. The topological polar surface area (TPSA) is 68.0 Å². The van der Waals surface area contributed by atoms with Crippen LogP contribution in [-0.4, -0.2) is 10.9 Å². The predicted octanol–water partition coefficient (Wildman–Crippen LogP) is 3.35. The van der Waals surface area contributed by atoms with Gasteiger partial charge in [-0.15, -0.1) is 0 Å². The minimum atomic E-state index is 0.0386. The van der Waals surface area contributed by atoms with Gasteiger partial charge in [-0.05, 0) is 36.2 Å². The Morgan fingerprint density at radius 3 is 2.90 bits per heavy atom. The number of anilines is 2. The van der Waals surface area contributed by atoms with E-state index in [1.54, 1.807) is 12.3 Å². The van der Waals surface area contributed by atoms with Crippen molar-refractivity contribution in [2.75, 3.05) is 11.1 Å². The molecule has 0 unspecified atom stereocenters. The van der Waals surface area contributed by atoms with Crippen LogP contribution in [0.3, 0.4) is 0 Å². The van der Waals surface area contributed by atoms with Gasteiger partial charge in [-0.1, -0.05) is 23.4 Å². The lowest BCUT2D eigenvalue weighted by atomic mass is 10.0. The standard InChI is InChI=1S/C14H12ClN3OS/c15-9-2-4-14(17-7-9)20-12-5-8-1-3-13(19)18-11(8)6-10(12)16/h2,4-7H,1,3,16H2,(H,18,19). The third-order valence-corrected chi connectivity index (χ3v) is 4.29. The average Bonchev–Trinajstić information content (AvgIpc) is 2.42. The second-order valence-corrected chi connectivity index (χ2v) is 6.01. The van der Waals surface area contributed by atoms with Crippen LogP contribution >= 0.6 is 23.4 Å². The van der Waals surface area contributed by atoms with E-state index in [9.17, 15) is 4.79 Å². The Morgan fingerprint density at radius 1 is 1.30 bits per heavy atom. The van der Waals surface area contributed by atoms with Crippen LogP contribution in [0.2, 0.25) is 5.02 Å². The zero-order chi connectivity index (χ0) is 14.1. The van der Waals surface area contributed by atoms with Gasteiger partial charge in [0.05, 0.1) is 5.02 Å². The highest BCUT2D eigenvalue weighted by Gasteiger charge is 2.17. The monoisotopic (exact) mass is 305 g/mol. The summed E-state index contributed by atoms with van der Waals surface area (Å²) >= 11 is 7.31. The van der Waals surface area contributed by atoms with Crippen molar-refractivity contribution < 1.29 is 4.79 Å². The number of benzene rings is 1. The molecule has 0 bridgehead atoms. The number of aryl methyl sites for hydroxylation is 1. The number of carbonyl (C=O) groups is 1. The molecule has 102 valence electrons. The van der Waals surface area contributed by atoms with Gasteiger partial charge in [0.2, 0.25) is 5.91 Å². The van der Waals surface area contributed by atoms with Crippen molar-refractivity contribution in [3.63, 3.8) is 0 Å². The van der Waals surface area contributed by atoms with Gasteiger partial charge in [-0.25, -0.2) is 4.98 Å². The molecule has 1 aliphatic heterocycles. The maximum absolute atomic E-state index is 11.4. The summed E-state index contributed by atoms with van der Waals surface area (Å²) < 4.78 is 0. The Bertz CT molecular complexity index is 673. The molecule has 0 radical (unpaired) electrons. The lowest BCUT2D eigenvalue weighted by molar-refractivity contribution is -0.116. The van der Waals surface area contributed by atoms with Crippen LogP contribution in [0.1, 0.15) is 12.0 Å². The minimum absolute atomic E-state index is 0.0386. The molecule has 2 aromatic rings. The molecular weight excluding hydrogens is 294 g/mol. The van der Waals surface area contributed by atoms with E-state index in [0.717, 1.165) is 27.6 Å². The number of nitrogens with zero attached hydrogens (tertiary/aromatic N) is 1. The molecule has 0 aliphatic carbocycles. The number of pyridine rings is 1. The van der Waals surface area contributed by atoms with E-state index in [1.165, 1.54) is 11.8 Å². The maximum atomic E-state index is 11.4. The first kappa shape index (κ1) is 13.3. The number of fused-ring (bicyclic) bond motifs is 1. The zero-order valence-electron chi connectivity index (χ0n) is 10.5. The van der Waals surface area contributed by atoms with Crippen LogP contribution in [0.15, 0.2) is 40.4 Å². The van der Waals surface area contributed by atoms with Crippen LogP contribution in [-0.2, 0) is 11.2 Å². The number of nitrogens with two attached hydrogens (primary N) is 1. The number of nitrogens with one attached hydrogen (secondary N) is 1. The SMILES string of the molecule is Nc1cc2c(cc1Sc1ccc(Cl)cn1)CCC(=O)N2. The molecule has 1 aliphatic rings. The van der Waals surface area contributed by atoms with Gasteiger partial charge in [0.1, 0.15) is 5.03 Å². The highest BCUT2D eigenvalue weighted by atomic mass is 35.5. The molecule has 0 atom stereocenters. The normalized spacial score (nSPS) is 13.8. The predicted molar refractivity (Wildman–Crippen MR) is 81.2 cm³/mol. The number of halogens is 1. The number of rotatable bonds is 2. The molecule has 1 amide bonds. The Hall–Kier alpha value is -1.72. The molecule has 0 fully saturated rings. The van der Waals surface area contributed by atoms with E-state index in [1.807, 2.05) is 18.2 Å². The molecule has 2 heterocycles. The van der Waals surface area contributed by atoms with Crippen LogP contribution in [0, 0.1) is 0 Å². The van der Waals surface area contributed by atoms with E-state index in [4.69, 9.17) is 17.3 Å². The van der Waals surface area contributed by atoms with Crippen molar-refractivity contribution in [2.24, 2.45) is 0 Å². The zero-order valence-corrected chi connectivity index (χ0v) is 12.1. The summed E-state index contributed by atoms with van der Waals surface area (Å²) in [6.07, 6.45) is 2.86. The second kappa shape index (κ2) is 5.34. The first-order chi connectivity index (χ1) is 9.61. The van der Waals surface area contributed by atoms with Gasteiger partial charge in [0.25, 0.3) is 0 Å². The quantitative estimate of drug-likeness (QED) is 0.835. The number of carbonyl (C=O) groups excluding carboxylic acids is 1.